The lowest BCUT2D eigenvalue weighted by molar-refractivity contribution is -0.0441. The van der Waals surface area contributed by atoms with Crippen LogP contribution in [-0.4, -0.2) is 29.8 Å². The molecule has 2 aliphatic rings. The Morgan fingerprint density at radius 2 is 1.64 bits per heavy atom. The van der Waals surface area contributed by atoms with Gasteiger partial charge in [-0.3, -0.25) is 9.59 Å². The number of ketones is 2. The van der Waals surface area contributed by atoms with Crippen molar-refractivity contribution < 1.29 is 19.1 Å². The maximum absolute atomic E-state index is 13.1. The van der Waals surface area contributed by atoms with Gasteiger partial charge in [0.2, 0.25) is 0 Å². The lowest BCUT2D eigenvalue weighted by Crippen LogP contribution is -2.15. The van der Waals surface area contributed by atoms with E-state index in [0.717, 1.165) is 10.9 Å². The summed E-state index contributed by atoms with van der Waals surface area (Å²) >= 11 is 6.36. The van der Waals surface area contributed by atoms with Gasteiger partial charge in [0.1, 0.15) is 11.1 Å². The largest absolute Gasteiger partial charge is 0.346 e. The summed E-state index contributed by atoms with van der Waals surface area (Å²) in [6, 6.07) is 12.5. The summed E-state index contributed by atoms with van der Waals surface area (Å²) in [5.41, 5.74) is 3.71. The van der Waals surface area contributed by atoms with Crippen LogP contribution in [0.2, 0.25) is 5.15 Å². The topological polar surface area (TPSA) is 65.5 Å². The number of halogens is 1. The SMILES string of the molecule is Cc1ccc2nc(Cl)c(C3OCCO3)cc2c1C1C(=O)c2ccccc2C1=O. The van der Waals surface area contributed by atoms with Gasteiger partial charge in [0.05, 0.1) is 18.7 Å². The number of Topliss-reactive ketones (excluding diaryl/α,β-unsaturated/α-hetero) is 2. The van der Waals surface area contributed by atoms with Crippen LogP contribution in [0.15, 0.2) is 42.5 Å². The van der Waals surface area contributed by atoms with Crippen molar-refractivity contribution >= 4 is 34.1 Å². The van der Waals surface area contributed by atoms with Gasteiger partial charge in [0, 0.05) is 22.1 Å². The number of carbonyl (C=O) groups excluding carboxylic acids is 2. The highest BCUT2D eigenvalue weighted by molar-refractivity contribution is 6.32. The average molecular weight is 394 g/mol. The van der Waals surface area contributed by atoms with Crippen molar-refractivity contribution in [2.24, 2.45) is 0 Å². The van der Waals surface area contributed by atoms with Gasteiger partial charge in [-0.05, 0) is 30.2 Å². The summed E-state index contributed by atoms with van der Waals surface area (Å²) < 4.78 is 11.2. The van der Waals surface area contributed by atoms with E-state index in [-0.39, 0.29) is 11.6 Å². The van der Waals surface area contributed by atoms with Crippen LogP contribution in [0.4, 0.5) is 0 Å². The van der Waals surface area contributed by atoms with Crippen LogP contribution in [0.3, 0.4) is 0 Å². The molecule has 0 spiro atoms. The Balaban J connectivity index is 1.73. The molecule has 1 saturated heterocycles. The number of hydrogen-bond acceptors (Lipinski definition) is 5. The molecule has 0 unspecified atom stereocenters. The van der Waals surface area contributed by atoms with E-state index in [1.165, 1.54) is 0 Å². The van der Waals surface area contributed by atoms with E-state index >= 15 is 0 Å². The highest BCUT2D eigenvalue weighted by Gasteiger charge is 2.41. The lowest BCUT2D eigenvalue weighted by atomic mass is 9.87. The number of aryl methyl sites for hydroxylation is 1. The van der Waals surface area contributed by atoms with E-state index in [0.29, 0.717) is 46.1 Å². The monoisotopic (exact) mass is 393 g/mol. The zero-order valence-corrected chi connectivity index (χ0v) is 15.8. The second kappa shape index (κ2) is 6.48. The number of aromatic nitrogens is 1. The molecule has 5 rings (SSSR count). The molecule has 1 aliphatic carbocycles. The molecule has 0 amide bonds. The number of rotatable bonds is 2. The van der Waals surface area contributed by atoms with Crippen LogP contribution in [0.25, 0.3) is 10.9 Å². The molecule has 1 aromatic heterocycles. The van der Waals surface area contributed by atoms with Crippen molar-refractivity contribution in [3.63, 3.8) is 0 Å². The van der Waals surface area contributed by atoms with Gasteiger partial charge < -0.3 is 9.47 Å². The number of fused-ring (bicyclic) bond motifs is 2. The number of benzene rings is 2. The van der Waals surface area contributed by atoms with Crippen molar-refractivity contribution in [3.05, 3.63) is 75.4 Å². The fourth-order valence-corrected chi connectivity index (χ4v) is 4.29. The fraction of sp³-hybridized carbons (Fsp3) is 0.227. The molecule has 1 aliphatic heterocycles. The molecule has 3 aromatic rings. The molecule has 2 aromatic carbocycles. The Labute approximate surface area is 166 Å². The molecule has 28 heavy (non-hydrogen) atoms. The molecule has 140 valence electrons. The Bertz CT molecular complexity index is 1120. The highest BCUT2D eigenvalue weighted by atomic mass is 35.5. The van der Waals surface area contributed by atoms with Crippen molar-refractivity contribution in [2.75, 3.05) is 13.2 Å². The third-order valence-corrected chi connectivity index (χ3v) is 5.69. The summed E-state index contributed by atoms with van der Waals surface area (Å²) in [6.45, 7) is 2.86. The Morgan fingerprint density at radius 1 is 1.00 bits per heavy atom. The minimum absolute atomic E-state index is 0.180. The van der Waals surface area contributed by atoms with Gasteiger partial charge in [-0.15, -0.1) is 0 Å². The predicted octanol–water partition coefficient (Wildman–Crippen LogP) is 4.40. The van der Waals surface area contributed by atoms with Crippen LogP contribution < -0.4 is 0 Å². The summed E-state index contributed by atoms with van der Waals surface area (Å²) in [5.74, 6) is -1.23. The van der Waals surface area contributed by atoms with Gasteiger partial charge in [-0.25, -0.2) is 4.98 Å². The average Bonchev–Trinajstić information content (AvgIpc) is 3.31. The zero-order chi connectivity index (χ0) is 19.4. The van der Waals surface area contributed by atoms with E-state index in [9.17, 15) is 9.59 Å². The minimum atomic E-state index is -0.873. The van der Waals surface area contributed by atoms with Gasteiger partial charge in [0.15, 0.2) is 17.9 Å². The number of ether oxygens (including phenoxy) is 2. The number of nitrogens with zero attached hydrogens (tertiary/aromatic N) is 1. The van der Waals surface area contributed by atoms with Gasteiger partial charge >= 0.3 is 0 Å². The van der Waals surface area contributed by atoms with Crippen molar-refractivity contribution in [1.82, 2.24) is 4.98 Å². The smallest absolute Gasteiger partial charge is 0.187 e. The minimum Gasteiger partial charge on any atom is -0.346 e. The third kappa shape index (κ3) is 2.51. The summed E-state index contributed by atoms with van der Waals surface area (Å²) in [6.07, 6.45) is -0.593. The van der Waals surface area contributed by atoms with Crippen LogP contribution in [0.1, 0.15) is 49.6 Å². The molecule has 2 heterocycles. The van der Waals surface area contributed by atoms with Crippen LogP contribution in [0.5, 0.6) is 0 Å². The normalized spacial score (nSPS) is 17.6. The first kappa shape index (κ1) is 17.5. The van der Waals surface area contributed by atoms with Crippen LogP contribution in [0, 0.1) is 6.92 Å². The van der Waals surface area contributed by atoms with E-state index in [1.54, 1.807) is 24.3 Å². The van der Waals surface area contributed by atoms with Crippen molar-refractivity contribution in [3.8, 4) is 0 Å². The molecule has 5 nitrogen and oxygen atoms in total. The van der Waals surface area contributed by atoms with Crippen molar-refractivity contribution in [2.45, 2.75) is 19.1 Å². The highest BCUT2D eigenvalue weighted by Crippen LogP contribution is 2.40. The molecule has 6 heteroatoms. The van der Waals surface area contributed by atoms with E-state index < -0.39 is 12.2 Å². The Kier molecular flexibility index (Phi) is 4.05. The number of hydrogen-bond donors (Lipinski definition) is 0. The predicted molar refractivity (Wildman–Crippen MR) is 104 cm³/mol. The molecule has 0 radical (unpaired) electrons. The quantitative estimate of drug-likeness (QED) is 0.476. The van der Waals surface area contributed by atoms with E-state index in [2.05, 4.69) is 4.98 Å². The third-order valence-electron chi connectivity index (χ3n) is 5.39. The summed E-state index contributed by atoms with van der Waals surface area (Å²) in [5, 5.41) is 1.01. The molecule has 0 atom stereocenters. The fourth-order valence-electron chi connectivity index (χ4n) is 4.06. The molecule has 0 bridgehead atoms. The molecular formula is C22H16ClNO4. The first-order chi connectivity index (χ1) is 13.6. The molecular weight excluding hydrogens is 378 g/mol. The molecule has 1 fully saturated rings. The summed E-state index contributed by atoms with van der Waals surface area (Å²) in [7, 11) is 0. The number of pyridine rings is 1. The Hall–Kier alpha value is -2.60. The van der Waals surface area contributed by atoms with Gasteiger partial charge in [0.25, 0.3) is 0 Å². The Morgan fingerprint density at radius 3 is 2.29 bits per heavy atom. The molecule has 0 saturated carbocycles. The summed E-state index contributed by atoms with van der Waals surface area (Å²) in [4.78, 5) is 30.7. The lowest BCUT2D eigenvalue weighted by Gasteiger charge is -2.17. The first-order valence-electron chi connectivity index (χ1n) is 9.06. The van der Waals surface area contributed by atoms with E-state index in [4.69, 9.17) is 21.1 Å². The number of carbonyl (C=O) groups is 2. The second-order valence-corrected chi connectivity index (χ2v) is 7.37. The van der Waals surface area contributed by atoms with Crippen molar-refractivity contribution in [1.29, 1.82) is 0 Å². The van der Waals surface area contributed by atoms with Crippen LogP contribution in [-0.2, 0) is 9.47 Å². The van der Waals surface area contributed by atoms with Gasteiger partial charge in [-0.2, -0.15) is 0 Å². The maximum atomic E-state index is 13.1. The standard InChI is InChI=1S/C22H16ClNO4/c1-11-6-7-16-14(10-15(21(23)24-16)22-27-8-9-28-22)17(11)18-19(25)12-4-2-3-5-13(12)20(18)26/h2-7,10,18,22H,8-9H2,1H3. The zero-order valence-electron chi connectivity index (χ0n) is 15.1. The van der Waals surface area contributed by atoms with Gasteiger partial charge in [-0.1, -0.05) is 41.9 Å². The first-order valence-corrected chi connectivity index (χ1v) is 9.44. The second-order valence-electron chi connectivity index (χ2n) is 7.01. The maximum Gasteiger partial charge on any atom is 0.187 e. The van der Waals surface area contributed by atoms with Crippen LogP contribution >= 0.6 is 11.6 Å². The van der Waals surface area contributed by atoms with E-state index in [1.807, 2.05) is 25.1 Å². The molecule has 0 N–H and O–H groups in total.